The van der Waals surface area contributed by atoms with E-state index < -0.39 is 6.10 Å². The molecule has 1 unspecified atom stereocenters. The SMILES string of the molecule is COc1ccc(CNc2cccc(CCCCC(O)/C=C/c3ccncn3)n2)cc1. The fourth-order valence-electron chi connectivity index (χ4n) is 3.02. The quantitative estimate of drug-likeness (QED) is 0.464. The number of hydrogen-bond donors (Lipinski definition) is 2. The summed E-state index contributed by atoms with van der Waals surface area (Å²) >= 11 is 0. The van der Waals surface area contributed by atoms with Crippen LogP contribution in [0.5, 0.6) is 5.75 Å². The minimum Gasteiger partial charge on any atom is -0.497 e. The molecule has 0 bridgehead atoms. The normalized spacial score (nSPS) is 12.1. The van der Waals surface area contributed by atoms with Gasteiger partial charge in [-0.05, 0) is 61.2 Å². The van der Waals surface area contributed by atoms with Gasteiger partial charge in [0.15, 0.2) is 0 Å². The minimum atomic E-state index is -0.467. The monoisotopic (exact) mass is 404 g/mol. The van der Waals surface area contributed by atoms with Gasteiger partial charge in [-0.1, -0.05) is 30.7 Å². The summed E-state index contributed by atoms with van der Waals surface area (Å²) in [5.74, 6) is 1.73. The van der Waals surface area contributed by atoms with Crippen molar-refractivity contribution >= 4 is 11.9 Å². The molecule has 1 aromatic carbocycles. The molecule has 0 fully saturated rings. The van der Waals surface area contributed by atoms with E-state index in [0.717, 1.165) is 48.6 Å². The molecule has 6 nitrogen and oxygen atoms in total. The van der Waals surface area contributed by atoms with Crippen molar-refractivity contribution in [1.29, 1.82) is 0 Å². The maximum atomic E-state index is 10.1. The van der Waals surface area contributed by atoms with Gasteiger partial charge in [0.05, 0.1) is 18.9 Å². The van der Waals surface area contributed by atoms with Crippen molar-refractivity contribution in [3.8, 4) is 5.75 Å². The highest BCUT2D eigenvalue weighted by atomic mass is 16.5. The maximum Gasteiger partial charge on any atom is 0.126 e. The van der Waals surface area contributed by atoms with Gasteiger partial charge >= 0.3 is 0 Å². The van der Waals surface area contributed by atoms with Crippen molar-refractivity contribution in [3.05, 3.63) is 84.1 Å². The Hall–Kier alpha value is -3.25. The van der Waals surface area contributed by atoms with Crippen molar-refractivity contribution in [2.24, 2.45) is 0 Å². The molecule has 2 heterocycles. The summed E-state index contributed by atoms with van der Waals surface area (Å²) in [6.07, 6.45) is 9.84. The molecule has 30 heavy (non-hydrogen) atoms. The second-order valence-electron chi connectivity index (χ2n) is 7.02. The Labute approximate surface area is 177 Å². The minimum absolute atomic E-state index is 0.467. The number of nitrogens with zero attached hydrogens (tertiary/aromatic N) is 3. The van der Waals surface area contributed by atoms with E-state index in [1.54, 1.807) is 19.4 Å². The summed E-state index contributed by atoms with van der Waals surface area (Å²) in [5, 5.41) is 13.5. The number of rotatable bonds is 11. The number of aromatic nitrogens is 3. The summed E-state index contributed by atoms with van der Waals surface area (Å²) in [6.45, 7) is 0.714. The van der Waals surface area contributed by atoms with E-state index in [0.29, 0.717) is 6.54 Å². The average molecular weight is 405 g/mol. The van der Waals surface area contributed by atoms with Gasteiger partial charge in [-0.2, -0.15) is 0 Å². The molecule has 3 rings (SSSR count). The Morgan fingerprint density at radius 1 is 1.10 bits per heavy atom. The fourth-order valence-corrected chi connectivity index (χ4v) is 3.02. The van der Waals surface area contributed by atoms with Crippen LogP contribution < -0.4 is 10.1 Å². The number of anilines is 1. The fraction of sp³-hybridized carbons (Fsp3) is 0.292. The van der Waals surface area contributed by atoms with Gasteiger partial charge in [0.2, 0.25) is 0 Å². The van der Waals surface area contributed by atoms with Crippen molar-refractivity contribution < 1.29 is 9.84 Å². The Morgan fingerprint density at radius 3 is 2.73 bits per heavy atom. The molecule has 3 aromatic rings. The van der Waals surface area contributed by atoms with Crippen LogP contribution in [0.25, 0.3) is 6.08 Å². The van der Waals surface area contributed by atoms with Crippen LogP contribution in [0.3, 0.4) is 0 Å². The zero-order valence-corrected chi connectivity index (χ0v) is 17.2. The van der Waals surface area contributed by atoms with E-state index in [4.69, 9.17) is 4.74 Å². The van der Waals surface area contributed by atoms with Gasteiger partial charge in [0.1, 0.15) is 17.9 Å². The molecule has 156 valence electrons. The molecule has 0 aliphatic rings. The highest BCUT2D eigenvalue weighted by Crippen LogP contribution is 2.14. The molecule has 0 radical (unpaired) electrons. The van der Waals surface area contributed by atoms with Crippen LogP contribution in [0.2, 0.25) is 0 Å². The van der Waals surface area contributed by atoms with Gasteiger partial charge in [0.25, 0.3) is 0 Å². The number of ether oxygens (including phenoxy) is 1. The van der Waals surface area contributed by atoms with Gasteiger partial charge in [-0.25, -0.2) is 15.0 Å². The maximum absolute atomic E-state index is 10.1. The highest BCUT2D eigenvalue weighted by molar-refractivity contribution is 5.43. The molecule has 0 saturated carbocycles. The summed E-state index contributed by atoms with van der Waals surface area (Å²) < 4.78 is 5.19. The van der Waals surface area contributed by atoms with Gasteiger partial charge < -0.3 is 15.2 Å². The first-order valence-corrected chi connectivity index (χ1v) is 10.2. The second kappa shape index (κ2) is 11.7. The predicted octanol–water partition coefficient (Wildman–Crippen LogP) is 4.28. The Kier molecular flexibility index (Phi) is 8.35. The van der Waals surface area contributed by atoms with Crippen LogP contribution in [-0.4, -0.2) is 33.3 Å². The number of pyridine rings is 1. The summed E-state index contributed by atoms with van der Waals surface area (Å²) in [7, 11) is 1.67. The first-order valence-electron chi connectivity index (χ1n) is 10.2. The molecule has 0 amide bonds. The lowest BCUT2D eigenvalue weighted by molar-refractivity contribution is 0.209. The summed E-state index contributed by atoms with van der Waals surface area (Å²) in [5.41, 5.74) is 3.03. The number of nitrogens with one attached hydrogen (secondary N) is 1. The Morgan fingerprint density at radius 2 is 1.97 bits per heavy atom. The number of methoxy groups -OCH3 is 1. The third-order valence-corrected chi connectivity index (χ3v) is 4.72. The molecule has 2 N–H and O–H groups in total. The van der Waals surface area contributed by atoms with Crippen molar-refractivity contribution in [2.75, 3.05) is 12.4 Å². The van der Waals surface area contributed by atoms with Gasteiger partial charge in [-0.3, -0.25) is 0 Å². The molecular formula is C24H28N4O2. The number of aliphatic hydroxyl groups excluding tert-OH is 1. The van der Waals surface area contributed by atoms with Crippen molar-refractivity contribution in [1.82, 2.24) is 15.0 Å². The van der Waals surface area contributed by atoms with Crippen LogP contribution >= 0.6 is 0 Å². The van der Waals surface area contributed by atoms with E-state index in [-0.39, 0.29) is 0 Å². The molecule has 0 aliphatic carbocycles. The van der Waals surface area contributed by atoms with E-state index in [9.17, 15) is 5.11 Å². The van der Waals surface area contributed by atoms with Gasteiger partial charge in [-0.15, -0.1) is 0 Å². The number of unbranched alkanes of at least 4 members (excludes halogenated alkanes) is 1. The third-order valence-electron chi connectivity index (χ3n) is 4.72. The van der Waals surface area contributed by atoms with Crippen LogP contribution in [0.15, 0.2) is 67.1 Å². The van der Waals surface area contributed by atoms with E-state index in [1.807, 2.05) is 54.6 Å². The molecule has 6 heteroatoms. The lowest BCUT2D eigenvalue weighted by Gasteiger charge is -2.09. The molecule has 0 saturated heterocycles. The molecule has 2 aromatic heterocycles. The highest BCUT2D eigenvalue weighted by Gasteiger charge is 2.02. The van der Waals surface area contributed by atoms with Crippen LogP contribution in [0.4, 0.5) is 5.82 Å². The summed E-state index contributed by atoms with van der Waals surface area (Å²) in [4.78, 5) is 12.7. The van der Waals surface area contributed by atoms with Crippen LogP contribution in [0.1, 0.15) is 36.2 Å². The topological polar surface area (TPSA) is 80.2 Å². The predicted molar refractivity (Wildman–Crippen MR) is 119 cm³/mol. The lowest BCUT2D eigenvalue weighted by atomic mass is 10.1. The zero-order chi connectivity index (χ0) is 21.0. The number of aryl methyl sites for hydroxylation is 1. The smallest absolute Gasteiger partial charge is 0.126 e. The standard InChI is InChI=1S/C24H28N4O2/c1-30-23-13-9-19(10-14-23)17-26-24-8-4-6-21(28-24)5-2-3-7-22(29)12-11-20-15-16-25-18-27-20/h4,6,8-16,18,22,29H,2-3,5,7,17H2,1H3,(H,26,28)/b12-11+. The molecular weight excluding hydrogens is 376 g/mol. The van der Waals surface area contributed by atoms with E-state index >= 15 is 0 Å². The molecule has 0 spiro atoms. The largest absolute Gasteiger partial charge is 0.497 e. The number of hydrogen-bond acceptors (Lipinski definition) is 6. The molecule has 0 aliphatic heterocycles. The lowest BCUT2D eigenvalue weighted by Crippen LogP contribution is -2.04. The number of benzene rings is 1. The van der Waals surface area contributed by atoms with Crippen LogP contribution in [-0.2, 0) is 13.0 Å². The average Bonchev–Trinajstić information content (AvgIpc) is 2.80. The Balaban J connectivity index is 1.38. The first-order chi connectivity index (χ1) is 14.7. The van der Waals surface area contributed by atoms with Gasteiger partial charge in [0, 0.05) is 18.4 Å². The zero-order valence-electron chi connectivity index (χ0n) is 17.2. The van der Waals surface area contributed by atoms with Crippen LogP contribution in [0, 0.1) is 0 Å². The molecule has 1 atom stereocenters. The number of aliphatic hydroxyl groups is 1. The Bertz CT molecular complexity index is 914. The third kappa shape index (κ3) is 7.29. The van der Waals surface area contributed by atoms with Crippen molar-refractivity contribution in [3.63, 3.8) is 0 Å². The van der Waals surface area contributed by atoms with E-state index in [1.165, 1.54) is 11.9 Å². The second-order valence-corrected chi connectivity index (χ2v) is 7.02. The van der Waals surface area contributed by atoms with Crippen molar-refractivity contribution in [2.45, 2.75) is 38.3 Å². The summed E-state index contributed by atoms with van der Waals surface area (Å²) in [6, 6.07) is 15.9. The van der Waals surface area contributed by atoms with E-state index in [2.05, 4.69) is 20.3 Å². The first kappa shape index (κ1) is 21.5.